The van der Waals surface area contributed by atoms with Gasteiger partial charge in [0.1, 0.15) is 6.79 Å². The molecular formula is C10H19LiO2. The Kier molecular flexibility index (Phi) is 14.8. The van der Waals surface area contributed by atoms with Gasteiger partial charge in [-0.25, -0.2) is 0 Å². The predicted molar refractivity (Wildman–Crippen MR) is 49.8 cm³/mol. The van der Waals surface area contributed by atoms with Crippen LogP contribution in [0.3, 0.4) is 0 Å². The first-order chi connectivity index (χ1) is 5.85. The summed E-state index contributed by atoms with van der Waals surface area (Å²) in [5.74, 6) is 0. The molecule has 0 amide bonds. The molecule has 0 aromatic heterocycles. The third-order valence-corrected chi connectivity index (χ3v) is 1.67. The molecule has 0 aliphatic carbocycles. The first-order valence-corrected chi connectivity index (χ1v) is 4.45. The van der Waals surface area contributed by atoms with Crippen LogP contribution >= 0.6 is 0 Å². The molecule has 1 atom stereocenters. The number of ether oxygens (including phenoxy) is 2. The molecule has 3 heteroatoms. The Bertz CT molecular complexity index is 99.1. The molecule has 0 aromatic rings. The second-order valence-electron chi connectivity index (χ2n) is 2.79. The van der Waals surface area contributed by atoms with E-state index in [9.17, 15) is 0 Å². The number of methoxy groups -OCH3 is 1. The van der Waals surface area contributed by atoms with Crippen LogP contribution in [0.25, 0.3) is 0 Å². The maximum atomic E-state index is 5.41. The predicted octanol–water partition coefficient (Wildman–Crippen LogP) is -0.451. The summed E-state index contributed by atoms with van der Waals surface area (Å²) in [6, 6.07) is 0. The SMILES string of the molecule is C=[C-]CC(CCCC)OCOC.[Li+]. The second-order valence-corrected chi connectivity index (χ2v) is 2.79. The smallest absolute Gasteiger partial charge is 0.502 e. The summed E-state index contributed by atoms with van der Waals surface area (Å²) >= 11 is 0. The fourth-order valence-corrected chi connectivity index (χ4v) is 1.00. The van der Waals surface area contributed by atoms with Gasteiger partial charge in [-0.05, 0) is 6.42 Å². The van der Waals surface area contributed by atoms with Crippen LogP contribution in [0.4, 0.5) is 0 Å². The van der Waals surface area contributed by atoms with Crippen molar-refractivity contribution < 1.29 is 28.3 Å². The van der Waals surface area contributed by atoms with Gasteiger partial charge in [-0.3, -0.25) is 6.58 Å². The average Bonchev–Trinajstić information content (AvgIpc) is 2.10. The van der Waals surface area contributed by atoms with Gasteiger partial charge in [0.15, 0.2) is 0 Å². The van der Waals surface area contributed by atoms with E-state index in [4.69, 9.17) is 9.47 Å². The maximum Gasteiger partial charge on any atom is 1.00 e. The van der Waals surface area contributed by atoms with Gasteiger partial charge in [0.2, 0.25) is 0 Å². The molecule has 0 saturated carbocycles. The van der Waals surface area contributed by atoms with Crippen LogP contribution in [0.2, 0.25) is 0 Å². The van der Waals surface area contributed by atoms with Crippen molar-refractivity contribution >= 4 is 0 Å². The monoisotopic (exact) mass is 178 g/mol. The standard InChI is InChI=1S/C10H19O2.Li/c1-4-6-8-10(7-5-2)12-9-11-3;/h10H,2,4,6-9H2,1,3H3;/q-1;+1. The van der Waals surface area contributed by atoms with E-state index in [0.29, 0.717) is 6.79 Å². The molecule has 0 aliphatic heterocycles. The van der Waals surface area contributed by atoms with E-state index in [1.54, 1.807) is 7.11 Å². The van der Waals surface area contributed by atoms with Crippen LogP contribution in [0.15, 0.2) is 6.58 Å². The van der Waals surface area contributed by atoms with E-state index in [-0.39, 0.29) is 25.0 Å². The van der Waals surface area contributed by atoms with Crippen LogP contribution in [0, 0.1) is 6.08 Å². The molecule has 72 valence electrons. The van der Waals surface area contributed by atoms with Crippen LogP contribution in [-0.4, -0.2) is 20.0 Å². The van der Waals surface area contributed by atoms with Crippen LogP contribution in [0.5, 0.6) is 0 Å². The minimum absolute atomic E-state index is 0. The van der Waals surface area contributed by atoms with Gasteiger partial charge in [0.05, 0.1) is 0 Å². The van der Waals surface area contributed by atoms with Crippen molar-refractivity contribution in [3.63, 3.8) is 0 Å². The van der Waals surface area contributed by atoms with Crippen LogP contribution in [0.1, 0.15) is 32.6 Å². The largest absolute Gasteiger partial charge is 1.00 e. The number of rotatable bonds is 8. The van der Waals surface area contributed by atoms with Gasteiger partial charge in [-0.15, -0.1) is 0 Å². The topological polar surface area (TPSA) is 18.5 Å². The Hall–Kier alpha value is 0.257. The van der Waals surface area contributed by atoms with Crippen molar-refractivity contribution in [1.29, 1.82) is 0 Å². The Morgan fingerprint density at radius 2 is 2.15 bits per heavy atom. The van der Waals surface area contributed by atoms with Crippen molar-refractivity contribution in [3.8, 4) is 0 Å². The maximum absolute atomic E-state index is 5.41. The molecule has 0 radical (unpaired) electrons. The summed E-state index contributed by atoms with van der Waals surface area (Å²) in [6.45, 7) is 6.11. The minimum atomic E-state index is 0. The third kappa shape index (κ3) is 10.2. The molecule has 1 unspecified atom stereocenters. The molecule has 0 heterocycles. The van der Waals surface area contributed by atoms with Crippen molar-refractivity contribution in [2.45, 2.75) is 38.7 Å². The summed E-state index contributed by atoms with van der Waals surface area (Å²) in [7, 11) is 1.63. The average molecular weight is 178 g/mol. The fraction of sp³-hybridized carbons (Fsp3) is 0.800. The normalized spacial score (nSPS) is 11.8. The molecular weight excluding hydrogens is 159 g/mol. The molecule has 0 aromatic carbocycles. The molecule has 13 heavy (non-hydrogen) atoms. The van der Waals surface area contributed by atoms with Gasteiger partial charge in [0, 0.05) is 13.2 Å². The molecule has 0 bridgehead atoms. The molecule has 0 aliphatic rings. The summed E-state index contributed by atoms with van der Waals surface area (Å²) in [5.41, 5.74) is 0. The molecule has 0 spiro atoms. The first kappa shape index (κ1) is 15.7. The summed E-state index contributed by atoms with van der Waals surface area (Å²) in [5, 5.41) is 0. The van der Waals surface area contributed by atoms with Crippen molar-refractivity contribution in [1.82, 2.24) is 0 Å². The van der Waals surface area contributed by atoms with Crippen LogP contribution < -0.4 is 18.9 Å². The quantitative estimate of drug-likeness (QED) is 0.285. The minimum Gasteiger partial charge on any atom is -0.502 e. The Morgan fingerprint density at radius 3 is 2.62 bits per heavy atom. The third-order valence-electron chi connectivity index (χ3n) is 1.67. The molecule has 0 saturated heterocycles. The van der Waals surface area contributed by atoms with E-state index in [0.717, 1.165) is 12.8 Å². The van der Waals surface area contributed by atoms with Gasteiger partial charge < -0.3 is 15.5 Å². The number of hydrogen-bond acceptors (Lipinski definition) is 2. The van der Waals surface area contributed by atoms with E-state index >= 15 is 0 Å². The van der Waals surface area contributed by atoms with Gasteiger partial charge in [0.25, 0.3) is 0 Å². The first-order valence-electron chi connectivity index (χ1n) is 4.45. The fourth-order valence-electron chi connectivity index (χ4n) is 1.00. The summed E-state index contributed by atoms with van der Waals surface area (Å²) in [6.07, 6.45) is 7.35. The molecule has 2 nitrogen and oxygen atoms in total. The van der Waals surface area contributed by atoms with E-state index < -0.39 is 0 Å². The van der Waals surface area contributed by atoms with Gasteiger partial charge >= 0.3 is 18.9 Å². The number of hydrogen-bond donors (Lipinski definition) is 0. The van der Waals surface area contributed by atoms with E-state index in [2.05, 4.69) is 19.6 Å². The number of unbranched alkanes of at least 4 members (excludes halogenated alkanes) is 1. The second kappa shape index (κ2) is 12.3. The van der Waals surface area contributed by atoms with Crippen molar-refractivity contribution in [2.24, 2.45) is 0 Å². The van der Waals surface area contributed by atoms with E-state index in [1.807, 2.05) is 0 Å². The Balaban J connectivity index is 0. The Labute approximate surface area is 93.9 Å². The zero-order valence-corrected chi connectivity index (χ0v) is 9.14. The van der Waals surface area contributed by atoms with E-state index in [1.165, 1.54) is 12.8 Å². The zero-order valence-electron chi connectivity index (χ0n) is 9.14. The van der Waals surface area contributed by atoms with Gasteiger partial charge in [-0.2, -0.15) is 6.42 Å². The zero-order chi connectivity index (χ0) is 9.23. The van der Waals surface area contributed by atoms with Crippen molar-refractivity contribution in [3.05, 3.63) is 12.7 Å². The summed E-state index contributed by atoms with van der Waals surface area (Å²) < 4.78 is 10.2. The molecule has 0 fully saturated rings. The van der Waals surface area contributed by atoms with Crippen molar-refractivity contribution in [2.75, 3.05) is 13.9 Å². The molecule has 0 rings (SSSR count). The Morgan fingerprint density at radius 1 is 1.46 bits per heavy atom. The van der Waals surface area contributed by atoms with Crippen LogP contribution in [-0.2, 0) is 9.47 Å². The van der Waals surface area contributed by atoms with Gasteiger partial charge in [-0.1, -0.05) is 19.8 Å². The molecule has 0 N–H and O–H groups in total. The summed E-state index contributed by atoms with van der Waals surface area (Å²) in [4.78, 5) is 0.